The van der Waals surface area contributed by atoms with Gasteiger partial charge in [-0.1, -0.05) is 29.0 Å². The molecule has 0 aliphatic rings. The largest absolute Gasteiger partial charge is 0.298 e. The molecule has 0 radical (unpaired) electrons. The van der Waals surface area contributed by atoms with Gasteiger partial charge in [0.2, 0.25) is 0 Å². The molecule has 24 heavy (non-hydrogen) atoms. The molecule has 3 aromatic rings. The van der Waals surface area contributed by atoms with Gasteiger partial charge in [0, 0.05) is 12.1 Å². The zero-order valence-corrected chi connectivity index (χ0v) is 14.4. The highest BCUT2D eigenvalue weighted by atomic mass is 35.5. The minimum absolute atomic E-state index is 0.0398. The van der Waals surface area contributed by atoms with E-state index in [-0.39, 0.29) is 16.3 Å². The number of thiazole rings is 1. The molecule has 0 aliphatic heterocycles. The molecule has 2 aromatic carbocycles. The summed E-state index contributed by atoms with van der Waals surface area (Å²) in [5, 5.41) is 14.1. The van der Waals surface area contributed by atoms with Gasteiger partial charge < -0.3 is 0 Å². The van der Waals surface area contributed by atoms with Crippen LogP contribution >= 0.6 is 22.9 Å². The molecule has 0 spiro atoms. The number of nitrogens with one attached hydrogen (secondary N) is 1. The molecule has 1 amide bonds. The maximum absolute atomic E-state index is 12.4. The lowest BCUT2D eigenvalue weighted by Crippen LogP contribution is -2.12. The zero-order chi connectivity index (χ0) is 17.4. The standard InChI is InChI=1S/C16H12ClN3O3S/c1-8-5-9(2)14-13(6-8)18-16(24-14)19-15(21)11-7-10(20(22)23)3-4-12(11)17/h3-7H,1-2H3,(H,18,19,21). The summed E-state index contributed by atoms with van der Waals surface area (Å²) < 4.78 is 0.987. The maximum atomic E-state index is 12.4. The third-order valence-electron chi connectivity index (χ3n) is 3.45. The number of non-ortho nitro benzene ring substituents is 1. The van der Waals surface area contributed by atoms with Crippen molar-refractivity contribution in [3.8, 4) is 0 Å². The lowest BCUT2D eigenvalue weighted by Gasteiger charge is -2.03. The van der Waals surface area contributed by atoms with E-state index in [4.69, 9.17) is 11.6 Å². The number of benzene rings is 2. The number of hydrogen-bond acceptors (Lipinski definition) is 5. The van der Waals surface area contributed by atoms with Gasteiger partial charge in [0.1, 0.15) is 0 Å². The lowest BCUT2D eigenvalue weighted by molar-refractivity contribution is -0.384. The van der Waals surface area contributed by atoms with E-state index in [0.717, 1.165) is 27.4 Å². The summed E-state index contributed by atoms with van der Waals surface area (Å²) in [6.45, 7) is 3.96. The van der Waals surface area contributed by atoms with Gasteiger partial charge in [-0.05, 0) is 37.1 Å². The first kappa shape index (κ1) is 16.4. The van der Waals surface area contributed by atoms with Crippen LogP contribution in [0.15, 0.2) is 30.3 Å². The third kappa shape index (κ3) is 3.08. The quantitative estimate of drug-likeness (QED) is 0.540. The van der Waals surface area contributed by atoms with Crippen LogP contribution in [-0.2, 0) is 0 Å². The van der Waals surface area contributed by atoms with Gasteiger partial charge in [0.25, 0.3) is 11.6 Å². The summed E-state index contributed by atoms with van der Waals surface area (Å²) in [4.78, 5) is 27.1. The number of aromatic nitrogens is 1. The fourth-order valence-corrected chi connectivity index (χ4v) is 3.51. The fourth-order valence-electron chi connectivity index (χ4n) is 2.40. The van der Waals surface area contributed by atoms with Crippen LogP contribution in [0, 0.1) is 24.0 Å². The summed E-state index contributed by atoms with van der Waals surface area (Å²) in [6.07, 6.45) is 0. The molecule has 1 aromatic heterocycles. The second-order valence-corrected chi connectivity index (χ2v) is 6.73. The molecule has 0 bridgehead atoms. The zero-order valence-electron chi connectivity index (χ0n) is 12.8. The molecular weight excluding hydrogens is 350 g/mol. The molecule has 0 unspecified atom stereocenters. The SMILES string of the molecule is Cc1cc(C)c2sc(NC(=O)c3cc([N+](=O)[O-])ccc3Cl)nc2c1. The average molecular weight is 362 g/mol. The van der Waals surface area contributed by atoms with Crippen LogP contribution in [0.3, 0.4) is 0 Å². The van der Waals surface area contributed by atoms with Crippen LogP contribution in [0.2, 0.25) is 5.02 Å². The van der Waals surface area contributed by atoms with Crippen molar-refractivity contribution in [1.29, 1.82) is 0 Å². The van der Waals surface area contributed by atoms with Crippen LogP contribution in [0.5, 0.6) is 0 Å². The van der Waals surface area contributed by atoms with Crippen molar-refractivity contribution in [3.63, 3.8) is 0 Å². The molecule has 8 heteroatoms. The molecule has 3 rings (SSSR count). The summed E-state index contributed by atoms with van der Waals surface area (Å²) in [7, 11) is 0. The summed E-state index contributed by atoms with van der Waals surface area (Å²) in [5.74, 6) is -0.530. The van der Waals surface area contributed by atoms with Crippen molar-refractivity contribution in [3.05, 3.63) is 62.2 Å². The number of nitrogens with zero attached hydrogens (tertiary/aromatic N) is 2. The van der Waals surface area contributed by atoms with E-state index < -0.39 is 10.8 Å². The Hall–Kier alpha value is -2.51. The van der Waals surface area contributed by atoms with Gasteiger partial charge in [-0.3, -0.25) is 20.2 Å². The monoisotopic (exact) mass is 361 g/mol. The molecule has 6 nitrogen and oxygen atoms in total. The predicted octanol–water partition coefficient (Wildman–Crippen LogP) is 4.73. The van der Waals surface area contributed by atoms with Gasteiger partial charge in [-0.15, -0.1) is 0 Å². The normalized spacial score (nSPS) is 10.8. The van der Waals surface area contributed by atoms with E-state index in [1.54, 1.807) is 0 Å². The average Bonchev–Trinajstić information content (AvgIpc) is 2.89. The Kier molecular flexibility index (Phi) is 4.21. The second-order valence-electron chi connectivity index (χ2n) is 5.32. The van der Waals surface area contributed by atoms with Crippen LogP contribution in [0.1, 0.15) is 21.5 Å². The van der Waals surface area contributed by atoms with Crippen molar-refractivity contribution in [2.24, 2.45) is 0 Å². The van der Waals surface area contributed by atoms with Crippen LogP contribution in [-0.4, -0.2) is 15.8 Å². The minimum atomic E-state index is -0.572. The van der Waals surface area contributed by atoms with Crippen molar-refractivity contribution in [2.75, 3.05) is 5.32 Å². The number of rotatable bonds is 3. The molecule has 1 heterocycles. The van der Waals surface area contributed by atoms with Crippen molar-refractivity contribution in [1.82, 2.24) is 4.98 Å². The van der Waals surface area contributed by atoms with Gasteiger partial charge in [0.15, 0.2) is 5.13 Å². The van der Waals surface area contributed by atoms with Crippen LogP contribution in [0.4, 0.5) is 10.8 Å². The molecule has 0 fully saturated rings. The van der Waals surface area contributed by atoms with E-state index in [2.05, 4.69) is 10.3 Å². The number of nitro groups is 1. The Balaban J connectivity index is 1.94. The molecule has 0 atom stereocenters. The van der Waals surface area contributed by atoms with E-state index in [9.17, 15) is 14.9 Å². The summed E-state index contributed by atoms with van der Waals surface area (Å²) in [6, 6.07) is 7.72. The number of fused-ring (bicyclic) bond motifs is 1. The van der Waals surface area contributed by atoms with Crippen LogP contribution in [0.25, 0.3) is 10.2 Å². The molecule has 122 valence electrons. The second kappa shape index (κ2) is 6.18. The molecule has 0 saturated carbocycles. The Morgan fingerprint density at radius 2 is 2.04 bits per heavy atom. The number of aryl methyl sites for hydroxylation is 2. The lowest BCUT2D eigenvalue weighted by atomic mass is 10.1. The molecular formula is C16H12ClN3O3S. The highest BCUT2D eigenvalue weighted by Crippen LogP contribution is 2.30. The highest BCUT2D eigenvalue weighted by Gasteiger charge is 2.17. The Morgan fingerprint density at radius 1 is 1.29 bits per heavy atom. The fraction of sp³-hybridized carbons (Fsp3) is 0.125. The van der Waals surface area contributed by atoms with Crippen molar-refractivity contribution in [2.45, 2.75) is 13.8 Å². The smallest absolute Gasteiger partial charge is 0.270 e. The Labute approximate surface area is 146 Å². The van der Waals surface area contributed by atoms with E-state index >= 15 is 0 Å². The van der Waals surface area contributed by atoms with Gasteiger partial charge in [-0.25, -0.2) is 4.98 Å². The number of hydrogen-bond donors (Lipinski definition) is 1. The third-order valence-corrected chi connectivity index (χ3v) is 4.90. The molecule has 0 saturated heterocycles. The van der Waals surface area contributed by atoms with Gasteiger partial charge in [-0.2, -0.15) is 0 Å². The first-order valence-electron chi connectivity index (χ1n) is 6.98. The van der Waals surface area contributed by atoms with E-state index in [0.29, 0.717) is 5.13 Å². The number of carbonyl (C=O) groups is 1. The van der Waals surface area contributed by atoms with Gasteiger partial charge >= 0.3 is 0 Å². The minimum Gasteiger partial charge on any atom is -0.298 e. The number of anilines is 1. The predicted molar refractivity (Wildman–Crippen MR) is 95.2 cm³/mol. The van der Waals surface area contributed by atoms with Crippen LogP contribution < -0.4 is 5.32 Å². The maximum Gasteiger partial charge on any atom is 0.270 e. The van der Waals surface area contributed by atoms with E-state index in [1.807, 2.05) is 26.0 Å². The number of halogens is 1. The number of nitro benzene ring substituents is 1. The van der Waals surface area contributed by atoms with Gasteiger partial charge in [0.05, 0.1) is 25.7 Å². The van der Waals surface area contributed by atoms with Crippen molar-refractivity contribution >= 4 is 49.9 Å². The summed E-state index contributed by atoms with van der Waals surface area (Å²) >= 11 is 7.34. The van der Waals surface area contributed by atoms with Crippen molar-refractivity contribution < 1.29 is 9.72 Å². The Morgan fingerprint density at radius 3 is 2.75 bits per heavy atom. The number of carbonyl (C=O) groups excluding carboxylic acids is 1. The summed E-state index contributed by atoms with van der Waals surface area (Å²) in [5.41, 5.74) is 2.82. The number of amides is 1. The molecule has 0 aliphatic carbocycles. The first-order chi connectivity index (χ1) is 11.3. The first-order valence-corrected chi connectivity index (χ1v) is 8.17. The highest BCUT2D eigenvalue weighted by molar-refractivity contribution is 7.22. The topological polar surface area (TPSA) is 85.1 Å². The Bertz CT molecular complexity index is 984. The molecule has 1 N–H and O–H groups in total. The van der Waals surface area contributed by atoms with E-state index in [1.165, 1.54) is 23.5 Å².